The van der Waals surface area contributed by atoms with Crippen molar-refractivity contribution in [3.05, 3.63) is 65.5 Å². The van der Waals surface area contributed by atoms with Gasteiger partial charge >= 0.3 is 0 Å². The van der Waals surface area contributed by atoms with E-state index < -0.39 is 17.5 Å². The van der Waals surface area contributed by atoms with Gasteiger partial charge in [0.25, 0.3) is 11.8 Å². The Hall–Kier alpha value is -2.87. The number of amides is 2. The topological polar surface area (TPSA) is 82.5 Å². The molecule has 0 aliphatic carbocycles. The molecule has 2 N–H and O–H groups in total. The number of carbonyl (C=O) groups excluding carboxylic acids is 2. The summed E-state index contributed by atoms with van der Waals surface area (Å²) >= 11 is 0. The molecule has 0 radical (unpaired) electrons. The molecule has 2 atom stereocenters. The highest BCUT2D eigenvalue weighted by molar-refractivity contribution is 5.95. The van der Waals surface area contributed by atoms with Gasteiger partial charge in [0.2, 0.25) is 0 Å². The SMILES string of the molecule is O=C(N[C@@H]1CCN(C(=O)c2ccc(F)c(F)c2)C[C@@H]1CO)c1cccnc1. The largest absolute Gasteiger partial charge is 0.396 e. The predicted octanol–water partition coefficient (Wildman–Crippen LogP) is 1.61. The average molecular weight is 375 g/mol. The number of pyridine rings is 1. The molecule has 8 heteroatoms. The standard InChI is InChI=1S/C19H19F2N3O3/c20-15-4-3-12(8-16(15)21)19(27)24-7-5-17(14(10-24)11-25)23-18(26)13-2-1-6-22-9-13/h1-4,6,8-9,14,17,25H,5,7,10-11H2,(H,23,26)/t14-,17-/m1/s1. The Bertz CT molecular complexity index is 832. The molecule has 1 saturated heterocycles. The van der Waals surface area contributed by atoms with Crippen LogP contribution in [0.1, 0.15) is 27.1 Å². The molecule has 1 aliphatic heterocycles. The number of piperidine rings is 1. The third-order valence-electron chi connectivity index (χ3n) is 4.66. The lowest BCUT2D eigenvalue weighted by Gasteiger charge is -2.38. The number of aromatic nitrogens is 1. The second kappa shape index (κ2) is 8.22. The summed E-state index contributed by atoms with van der Waals surface area (Å²) < 4.78 is 26.4. The van der Waals surface area contributed by atoms with Crippen molar-refractivity contribution < 1.29 is 23.5 Å². The Kier molecular flexibility index (Phi) is 5.75. The van der Waals surface area contributed by atoms with Gasteiger partial charge in [-0.1, -0.05) is 0 Å². The van der Waals surface area contributed by atoms with Crippen LogP contribution in [-0.2, 0) is 0 Å². The molecular formula is C19H19F2N3O3. The van der Waals surface area contributed by atoms with Crippen LogP contribution in [0.15, 0.2) is 42.7 Å². The molecule has 2 heterocycles. The Morgan fingerprint density at radius 3 is 2.70 bits per heavy atom. The maximum Gasteiger partial charge on any atom is 0.253 e. The molecule has 1 aromatic heterocycles. The van der Waals surface area contributed by atoms with Gasteiger partial charge in [0.1, 0.15) is 0 Å². The lowest BCUT2D eigenvalue weighted by molar-refractivity contribution is 0.0533. The summed E-state index contributed by atoms with van der Waals surface area (Å²) in [4.78, 5) is 30.2. The van der Waals surface area contributed by atoms with Gasteiger partial charge < -0.3 is 15.3 Å². The number of nitrogens with zero attached hydrogens (tertiary/aromatic N) is 2. The van der Waals surface area contributed by atoms with E-state index in [2.05, 4.69) is 10.3 Å². The molecule has 1 aliphatic rings. The lowest BCUT2D eigenvalue weighted by Crippen LogP contribution is -2.53. The fraction of sp³-hybridized carbons (Fsp3) is 0.316. The number of rotatable bonds is 4. The second-order valence-electron chi connectivity index (χ2n) is 6.43. The molecule has 0 bridgehead atoms. The van der Waals surface area contributed by atoms with Crippen molar-refractivity contribution >= 4 is 11.8 Å². The van der Waals surface area contributed by atoms with Crippen LogP contribution in [-0.4, -0.2) is 52.5 Å². The number of aliphatic hydroxyl groups is 1. The van der Waals surface area contributed by atoms with E-state index in [0.717, 1.165) is 12.1 Å². The quantitative estimate of drug-likeness (QED) is 0.851. The Morgan fingerprint density at radius 1 is 1.22 bits per heavy atom. The number of aliphatic hydroxyl groups excluding tert-OH is 1. The molecule has 0 saturated carbocycles. The van der Waals surface area contributed by atoms with Crippen molar-refractivity contribution in [3.8, 4) is 0 Å². The Labute approximate surface area is 154 Å². The zero-order chi connectivity index (χ0) is 19.4. The van der Waals surface area contributed by atoms with Crippen LogP contribution in [0.5, 0.6) is 0 Å². The van der Waals surface area contributed by atoms with E-state index in [0.29, 0.717) is 18.5 Å². The first-order valence-electron chi connectivity index (χ1n) is 8.55. The highest BCUT2D eigenvalue weighted by Gasteiger charge is 2.32. The van der Waals surface area contributed by atoms with Gasteiger partial charge in [0.05, 0.1) is 5.56 Å². The summed E-state index contributed by atoms with van der Waals surface area (Å²) in [7, 11) is 0. The normalized spacial score (nSPS) is 19.6. The summed E-state index contributed by atoms with van der Waals surface area (Å²) in [6.45, 7) is 0.304. The van der Waals surface area contributed by atoms with E-state index in [4.69, 9.17) is 0 Å². The van der Waals surface area contributed by atoms with Crippen LogP contribution in [0.25, 0.3) is 0 Å². The van der Waals surface area contributed by atoms with Gasteiger partial charge in [-0.15, -0.1) is 0 Å². The fourth-order valence-corrected chi connectivity index (χ4v) is 3.15. The summed E-state index contributed by atoms with van der Waals surface area (Å²) in [5, 5.41) is 12.5. The number of halogens is 2. The maximum absolute atomic E-state index is 13.4. The summed E-state index contributed by atoms with van der Waals surface area (Å²) in [5.74, 6) is -3.21. The highest BCUT2D eigenvalue weighted by Crippen LogP contribution is 2.20. The van der Waals surface area contributed by atoms with Crippen molar-refractivity contribution in [2.45, 2.75) is 12.5 Å². The molecule has 2 aromatic rings. The van der Waals surface area contributed by atoms with E-state index in [1.807, 2.05) is 0 Å². The third kappa shape index (κ3) is 4.28. The van der Waals surface area contributed by atoms with Crippen LogP contribution in [0.4, 0.5) is 8.78 Å². The van der Waals surface area contributed by atoms with Crippen molar-refractivity contribution in [2.75, 3.05) is 19.7 Å². The number of hydrogen-bond acceptors (Lipinski definition) is 4. The number of hydrogen-bond donors (Lipinski definition) is 2. The van der Waals surface area contributed by atoms with Crippen LogP contribution < -0.4 is 5.32 Å². The zero-order valence-corrected chi connectivity index (χ0v) is 14.4. The number of nitrogens with one attached hydrogen (secondary N) is 1. The Morgan fingerprint density at radius 2 is 2.04 bits per heavy atom. The summed E-state index contributed by atoms with van der Waals surface area (Å²) in [6, 6.07) is 5.98. The minimum absolute atomic E-state index is 0.0448. The highest BCUT2D eigenvalue weighted by atomic mass is 19.2. The van der Waals surface area contributed by atoms with Gasteiger partial charge in [-0.05, 0) is 36.8 Å². The smallest absolute Gasteiger partial charge is 0.253 e. The molecule has 1 aromatic carbocycles. The average Bonchev–Trinajstić information content (AvgIpc) is 2.70. The van der Waals surface area contributed by atoms with E-state index in [1.165, 1.54) is 17.2 Å². The molecule has 6 nitrogen and oxygen atoms in total. The van der Waals surface area contributed by atoms with E-state index >= 15 is 0 Å². The Balaban J connectivity index is 1.66. The van der Waals surface area contributed by atoms with Crippen molar-refractivity contribution in [1.29, 1.82) is 0 Å². The minimum atomic E-state index is -1.09. The first-order chi connectivity index (χ1) is 13.0. The molecule has 3 rings (SSSR count). The van der Waals surface area contributed by atoms with Crippen LogP contribution in [0.2, 0.25) is 0 Å². The first-order valence-corrected chi connectivity index (χ1v) is 8.55. The van der Waals surface area contributed by atoms with E-state index in [1.54, 1.807) is 18.3 Å². The van der Waals surface area contributed by atoms with Gasteiger partial charge in [0.15, 0.2) is 11.6 Å². The molecule has 0 spiro atoms. The van der Waals surface area contributed by atoms with Crippen LogP contribution in [0, 0.1) is 17.6 Å². The van der Waals surface area contributed by atoms with E-state index in [9.17, 15) is 23.5 Å². The number of carbonyl (C=O) groups is 2. The van der Waals surface area contributed by atoms with Crippen LogP contribution in [0.3, 0.4) is 0 Å². The minimum Gasteiger partial charge on any atom is -0.396 e. The molecule has 142 valence electrons. The number of likely N-dealkylation sites (tertiary alicyclic amines) is 1. The van der Waals surface area contributed by atoms with Gasteiger partial charge in [-0.25, -0.2) is 8.78 Å². The van der Waals surface area contributed by atoms with Crippen molar-refractivity contribution in [2.24, 2.45) is 5.92 Å². The van der Waals surface area contributed by atoms with Gasteiger partial charge in [-0.2, -0.15) is 0 Å². The van der Waals surface area contributed by atoms with Gasteiger partial charge in [0, 0.05) is 49.6 Å². The first kappa shape index (κ1) is 18.9. The van der Waals surface area contributed by atoms with E-state index in [-0.39, 0.29) is 36.6 Å². The zero-order valence-electron chi connectivity index (χ0n) is 14.4. The summed E-state index contributed by atoms with van der Waals surface area (Å²) in [6.07, 6.45) is 3.45. The third-order valence-corrected chi connectivity index (χ3v) is 4.66. The second-order valence-corrected chi connectivity index (χ2v) is 6.43. The number of benzene rings is 1. The molecule has 1 fully saturated rings. The summed E-state index contributed by atoms with van der Waals surface area (Å²) in [5.41, 5.74) is 0.456. The predicted molar refractivity (Wildman–Crippen MR) is 92.9 cm³/mol. The lowest BCUT2D eigenvalue weighted by atomic mass is 9.92. The molecule has 0 unspecified atom stereocenters. The van der Waals surface area contributed by atoms with Crippen molar-refractivity contribution in [1.82, 2.24) is 15.2 Å². The molecule has 27 heavy (non-hydrogen) atoms. The monoisotopic (exact) mass is 375 g/mol. The maximum atomic E-state index is 13.4. The van der Waals surface area contributed by atoms with Gasteiger partial charge in [-0.3, -0.25) is 14.6 Å². The molecule has 2 amide bonds. The fourth-order valence-electron chi connectivity index (χ4n) is 3.15. The van der Waals surface area contributed by atoms with Crippen molar-refractivity contribution in [3.63, 3.8) is 0 Å². The van der Waals surface area contributed by atoms with Crippen LogP contribution >= 0.6 is 0 Å². The molecular weight excluding hydrogens is 356 g/mol.